The molecule has 0 saturated heterocycles. The Morgan fingerprint density at radius 2 is 2.25 bits per heavy atom. The Morgan fingerprint density at radius 3 is 2.88 bits per heavy atom. The number of rotatable bonds is 4. The number of ether oxygens (including phenoxy) is 1. The fraction of sp³-hybridized carbons (Fsp3) is 0.500. The highest BCUT2D eigenvalue weighted by Gasteiger charge is 2.12. The number of aryl methyl sites for hydroxylation is 1. The van der Waals surface area contributed by atoms with E-state index in [1.54, 1.807) is 13.4 Å². The maximum atomic E-state index is 5.04. The first kappa shape index (κ1) is 10.8. The van der Waals surface area contributed by atoms with E-state index in [1.165, 1.54) is 0 Å². The minimum atomic E-state index is 0.643. The standard InChI is InChI=1S/C10H15N5O/c1-8-9(6-12-14(8)2)10-13-11-7-15(10)4-5-16-3/h6-7H,4-5H2,1-3H3. The van der Waals surface area contributed by atoms with Crippen LogP contribution >= 0.6 is 0 Å². The minimum Gasteiger partial charge on any atom is -0.383 e. The SMILES string of the molecule is COCCn1cnnc1-c1cnn(C)c1C. The summed E-state index contributed by atoms with van der Waals surface area (Å²) in [5.74, 6) is 0.836. The van der Waals surface area contributed by atoms with E-state index in [0.29, 0.717) is 6.61 Å². The zero-order chi connectivity index (χ0) is 11.5. The summed E-state index contributed by atoms with van der Waals surface area (Å²) in [4.78, 5) is 0. The van der Waals surface area contributed by atoms with Crippen LogP contribution in [0, 0.1) is 6.92 Å². The van der Waals surface area contributed by atoms with Gasteiger partial charge in [0.05, 0.1) is 18.4 Å². The molecule has 0 aliphatic carbocycles. The highest BCUT2D eigenvalue weighted by Crippen LogP contribution is 2.19. The Morgan fingerprint density at radius 1 is 1.44 bits per heavy atom. The lowest BCUT2D eigenvalue weighted by Crippen LogP contribution is -2.05. The second-order valence-corrected chi connectivity index (χ2v) is 3.61. The summed E-state index contributed by atoms with van der Waals surface area (Å²) in [5.41, 5.74) is 2.09. The lowest BCUT2D eigenvalue weighted by Gasteiger charge is -2.05. The third kappa shape index (κ3) is 1.83. The van der Waals surface area contributed by atoms with Crippen molar-refractivity contribution in [2.75, 3.05) is 13.7 Å². The summed E-state index contributed by atoms with van der Waals surface area (Å²) in [6, 6.07) is 0. The maximum absolute atomic E-state index is 5.04. The average Bonchev–Trinajstić information content (AvgIpc) is 2.85. The molecule has 0 radical (unpaired) electrons. The van der Waals surface area contributed by atoms with Crippen molar-refractivity contribution in [1.29, 1.82) is 0 Å². The fourth-order valence-corrected chi connectivity index (χ4v) is 1.54. The molecule has 0 atom stereocenters. The van der Waals surface area contributed by atoms with Gasteiger partial charge in [-0.05, 0) is 6.92 Å². The molecule has 16 heavy (non-hydrogen) atoms. The molecule has 0 bridgehead atoms. The molecule has 2 rings (SSSR count). The van der Waals surface area contributed by atoms with E-state index < -0.39 is 0 Å². The molecule has 6 heteroatoms. The highest BCUT2D eigenvalue weighted by molar-refractivity contribution is 5.56. The third-order valence-corrected chi connectivity index (χ3v) is 2.63. The maximum Gasteiger partial charge on any atom is 0.167 e. The van der Waals surface area contributed by atoms with E-state index in [2.05, 4.69) is 15.3 Å². The minimum absolute atomic E-state index is 0.643. The van der Waals surface area contributed by atoms with Gasteiger partial charge in [0.15, 0.2) is 5.82 Å². The van der Waals surface area contributed by atoms with Crippen LogP contribution in [0.4, 0.5) is 0 Å². The van der Waals surface area contributed by atoms with Gasteiger partial charge in [-0.1, -0.05) is 0 Å². The number of aromatic nitrogens is 5. The van der Waals surface area contributed by atoms with Crippen molar-refractivity contribution in [2.45, 2.75) is 13.5 Å². The molecule has 2 heterocycles. The van der Waals surface area contributed by atoms with Crippen molar-refractivity contribution in [3.05, 3.63) is 18.2 Å². The Labute approximate surface area is 93.9 Å². The molecule has 0 unspecified atom stereocenters. The van der Waals surface area contributed by atoms with Crippen molar-refractivity contribution in [2.24, 2.45) is 7.05 Å². The van der Waals surface area contributed by atoms with Crippen LogP contribution in [-0.2, 0) is 18.3 Å². The van der Waals surface area contributed by atoms with Crippen molar-refractivity contribution < 1.29 is 4.74 Å². The van der Waals surface area contributed by atoms with Gasteiger partial charge < -0.3 is 9.30 Å². The van der Waals surface area contributed by atoms with Gasteiger partial charge in [-0.15, -0.1) is 10.2 Å². The summed E-state index contributed by atoms with van der Waals surface area (Å²) in [5, 5.41) is 12.2. The fourth-order valence-electron chi connectivity index (χ4n) is 1.54. The van der Waals surface area contributed by atoms with Gasteiger partial charge in [0.1, 0.15) is 6.33 Å². The monoisotopic (exact) mass is 221 g/mol. The number of nitrogens with zero attached hydrogens (tertiary/aromatic N) is 5. The van der Waals surface area contributed by atoms with Crippen molar-refractivity contribution >= 4 is 0 Å². The van der Waals surface area contributed by atoms with Crippen LogP contribution in [-0.4, -0.2) is 38.3 Å². The molecule has 0 saturated carbocycles. The lowest BCUT2D eigenvalue weighted by atomic mass is 10.2. The first-order valence-electron chi connectivity index (χ1n) is 5.09. The van der Waals surface area contributed by atoms with Crippen molar-refractivity contribution in [3.8, 4) is 11.4 Å². The summed E-state index contributed by atoms with van der Waals surface area (Å²) in [6.45, 7) is 3.40. The van der Waals surface area contributed by atoms with Crippen molar-refractivity contribution in [1.82, 2.24) is 24.5 Å². The van der Waals surface area contributed by atoms with Crippen LogP contribution in [0.15, 0.2) is 12.5 Å². The summed E-state index contributed by atoms with van der Waals surface area (Å²) in [7, 11) is 3.59. The molecular formula is C10H15N5O. The number of hydrogen-bond acceptors (Lipinski definition) is 4. The van der Waals surface area contributed by atoms with E-state index in [0.717, 1.165) is 23.6 Å². The van der Waals surface area contributed by atoms with Crippen LogP contribution in [0.2, 0.25) is 0 Å². The molecule has 0 fully saturated rings. The summed E-state index contributed by atoms with van der Waals surface area (Å²) < 4.78 is 8.83. The van der Waals surface area contributed by atoms with Crippen LogP contribution in [0.5, 0.6) is 0 Å². The molecule has 0 aromatic carbocycles. The van der Waals surface area contributed by atoms with Gasteiger partial charge in [0.2, 0.25) is 0 Å². The number of methoxy groups -OCH3 is 1. The first-order valence-corrected chi connectivity index (χ1v) is 5.09. The smallest absolute Gasteiger partial charge is 0.167 e. The molecule has 0 aliphatic rings. The zero-order valence-electron chi connectivity index (χ0n) is 9.71. The van der Waals surface area contributed by atoms with Crippen LogP contribution in [0.3, 0.4) is 0 Å². The predicted molar refractivity (Wildman–Crippen MR) is 58.8 cm³/mol. The van der Waals surface area contributed by atoms with E-state index >= 15 is 0 Å². The normalized spacial score (nSPS) is 10.9. The third-order valence-electron chi connectivity index (χ3n) is 2.63. The highest BCUT2D eigenvalue weighted by atomic mass is 16.5. The Balaban J connectivity index is 2.33. The van der Waals surface area contributed by atoms with E-state index in [1.807, 2.05) is 29.4 Å². The van der Waals surface area contributed by atoms with Gasteiger partial charge in [-0.3, -0.25) is 4.68 Å². The molecule has 0 amide bonds. The molecule has 0 spiro atoms. The number of hydrogen-bond donors (Lipinski definition) is 0. The molecular weight excluding hydrogens is 206 g/mol. The zero-order valence-corrected chi connectivity index (χ0v) is 9.71. The van der Waals surface area contributed by atoms with Gasteiger partial charge >= 0.3 is 0 Å². The molecule has 6 nitrogen and oxygen atoms in total. The summed E-state index contributed by atoms with van der Waals surface area (Å²) >= 11 is 0. The topological polar surface area (TPSA) is 57.8 Å². The molecule has 0 N–H and O–H groups in total. The largest absolute Gasteiger partial charge is 0.383 e. The lowest BCUT2D eigenvalue weighted by molar-refractivity contribution is 0.187. The van der Waals surface area contributed by atoms with Gasteiger partial charge in [-0.2, -0.15) is 5.10 Å². The van der Waals surface area contributed by atoms with Crippen LogP contribution in [0.25, 0.3) is 11.4 Å². The van der Waals surface area contributed by atoms with E-state index in [-0.39, 0.29) is 0 Å². The van der Waals surface area contributed by atoms with E-state index in [9.17, 15) is 0 Å². The van der Waals surface area contributed by atoms with Crippen molar-refractivity contribution in [3.63, 3.8) is 0 Å². The quantitative estimate of drug-likeness (QED) is 0.760. The second-order valence-electron chi connectivity index (χ2n) is 3.61. The average molecular weight is 221 g/mol. The molecule has 2 aromatic heterocycles. The second kappa shape index (κ2) is 4.44. The summed E-state index contributed by atoms with van der Waals surface area (Å²) in [6.07, 6.45) is 3.52. The Kier molecular flexibility index (Phi) is 3.00. The molecule has 2 aromatic rings. The van der Waals surface area contributed by atoms with Gasteiger partial charge in [0, 0.05) is 26.4 Å². The predicted octanol–water partition coefficient (Wildman–Crippen LogP) is 0.633. The van der Waals surface area contributed by atoms with E-state index in [4.69, 9.17) is 4.74 Å². The van der Waals surface area contributed by atoms with Gasteiger partial charge in [0.25, 0.3) is 0 Å². The van der Waals surface area contributed by atoms with Crippen LogP contribution in [0.1, 0.15) is 5.69 Å². The molecule has 0 aliphatic heterocycles. The van der Waals surface area contributed by atoms with Gasteiger partial charge in [-0.25, -0.2) is 0 Å². The Hall–Kier alpha value is -1.69. The Bertz CT molecular complexity index is 473. The molecule has 86 valence electrons. The first-order chi connectivity index (χ1) is 7.74. The van der Waals surface area contributed by atoms with Crippen LogP contribution < -0.4 is 0 Å².